The Hall–Kier alpha value is -2.08. The molecule has 0 aromatic heterocycles. The van der Waals surface area contributed by atoms with Crippen LogP contribution in [0.2, 0.25) is 0 Å². The van der Waals surface area contributed by atoms with Crippen molar-refractivity contribution in [1.29, 1.82) is 0 Å². The van der Waals surface area contributed by atoms with Crippen LogP contribution < -0.4 is 10.2 Å². The first-order valence-corrected chi connectivity index (χ1v) is 7.05. The van der Waals surface area contributed by atoms with Gasteiger partial charge in [-0.25, -0.2) is 4.79 Å². The molecule has 21 heavy (non-hydrogen) atoms. The number of carbonyl (C=O) groups excluding carboxylic acids is 1. The highest BCUT2D eigenvalue weighted by Gasteiger charge is 2.16. The Morgan fingerprint density at radius 2 is 1.86 bits per heavy atom. The van der Waals surface area contributed by atoms with E-state index in [0.717, 1.165) is 13.1 Å². The Morgan fingerprint density at radius 3 is 2.43 bits per heavy atom. The maximum absolute atomic E-state index is 12.2. The van der Waals surface area contributed by atoms with Gasteiger partial charge in [0.25, 0.3) is 0 Å². The number of urea groups is 1. The van der Waals surface area contributed by atoms with Crippen LogP contribution in [0, 0.1) is 0 Å². The fourth-order valence-corrected chi connectivity index (χ4v) is 1.77. The maximum atomic E-state index is 12.2. The molecule has 2 amide bonds. The monoisotopic (exact) mass is 293 g/mol. The Morgan fingerprint density at radius 1 is 1.19 bits per heavy atom. The van der Waals surface area contributed by atoms with Gasteiger partial charge in [0.15, 0.2) is 0 Å². The Balaban J connectivity index is 2.63. The van der Waals surface area contributed by atoms with Crippen molar-refractivity contribution >= 4 is 17.7 Å². The van der Waals surface area contributed by atoms with E-state index in [0.29, 0.717) is 12.2 Å². The third-order valence-electron chi connectivity index (χ3n) is 3.17. The fourth-order valence-electron chi connectivity index (χ4n) is 1.77. The molecule has 0 saturated carbocycles. The molecule has 116 valence electrons. The normalized spacial score (nSPS) is 10.4. The highest BCUT2D eigenvalue weighted by atomic mass is 16.4. The first kappa shape index (κ1) is 17.0. The van der Waals surface area contributed by atoms with Crippen LogP contribution in [-0.2, 0) is 4.79 Å². The predicted octanol–water partition coefficient (Wildman–Crippen LogP) is 1.63. The van der Waals surface area contributed by atoms with Crippen LogP contribution in [0.3, 0.4) is 0 Å². The van der Waals surface area contributed by atoms with Crippen LogP contribution in [0.5, 0.6) is 0 Å². The third kappa shape index (κ3) is 6.27. The van der Waals surface area contributed by atoms with Gasteiger partial charge in [0.1, 0.15) is 0 Å². The molecular formula is C15H23N3O3. The molecule has 0 spiro atoms. The van der Waals surface area contributed by atoms with Crippen molar-refractivity contribution in [3.8, 4) is 0 Å². The summed E-state index contributed by atoms with van der Waals surface area (Å²) >= 11 is 0. The second-order valence-electron chi connectivity index (χ2n) is 4.76. The first-order valence-electron chi connectivity index (χ1n) is 7.05. The summed E-state index contributed by atoms with van der Waals surface area (Å²) in [6.07, 6.45) is -0.0861. The van der Waals surface area contributed by atoms with Gasteiger partial charge in [0.2, 0.25) is 0 Å². The van der Waals surface area contributed by atoms with Gasteiger partial charge in [-0.3, -0.25) is 9.69 Å². The number of likely N-dealkylation sites (N-methyl/N-ethyl adjacent to an activating group) is 1. The zero-order valence-corrected chi connectivity index (χ0v) is 12.6. The number of carboxylic acid groups (broad SMARTS) is 1. The van der Waals surface area contributed by atoms with E-state index < -0.39 is 5.97 Å². The van der Waals surface area contributed by atoms with Gasteiger partial charge in [-0.05, 0) is 25.7 Å². The van der Waals surface area contributed by atoms with Crippen molar-refractivity contribution in [2.45, 2.75) is 13.3 Å². The SMILES string of the molecule is CCN(C)CCNC(=O)N(CCC(=O)O)c1ccccc1. The topological polar surface area (TPSA) is 72.9 Å². The summed E-state index contributed by atoms with van der Waals surface area (Å²) in [5, 5.41) is 11.6. The molecule has 0 aliphatic rings. The quantitative estimate of drug-likeness (QED) is 0.764. The van der Waals surface area contributed by atoms with E-state index >= 15 is 0 Å². The maximum Gasteiger partial charge on any atom is 0.321 e. The Bertz CT molecular complexity index is 451. The number of carboxylic acids is 1. The first-order chi connectivity index (χ1) is 10.0. The van der Waals surface area contributed by atoms with Crippen molar-refractivity contribution in [1.82, 2.24) is 10.2 Å². The summed E-state index contributed by atoms with van der Waals surface area (Å²) in [7, 11) is 1.98. The second-order valence-corrected chi connectivity index (χ2v) is 4.76. The van der Waals surface area contributed by atoms with Gasteiger partial charge in [0, 0.05) is 25.3 Å². The third-order valence-corrected chi connectivity index (χ3v) is 3.17. The molecule has 0 aliphatic carbocycles. The molecule has 0 aliphatic heterocycles. The number of hydrogen-bond acceptors (Lipinski definition) is 3. The van der Waals surface area contributed by atoms with E-state index in [1.165, 1.54) is 4.90 Å². The van der Waals surface area contributed by atoms with Crippen molar-refractivity contribution in [3.63, 3.8) is 0 Å². The molecular weight excluding hydrogens is 270 g/mol. The molecule has 1 aromatic rings. The zero-order chi connectivity index (χ0) is 15.7. The Labute approximate surface area is 125 Å². The molecule has 0 radical (unpaired) electrons. The Kier molecular flexibility index (Phi) is 7.25. The molecule has 0 saturated heterocycles. The molecule has 6 nitrogen and oxygen atoms in total. The van der Waals surface area contributed by atoms with Crippen LogP contribution in [0.15, 0.2) is 30.3 Å². The summed E-state index contributed by atoms with van der Waals surface area (Å²) in [5.74, 6) is -0.922. The number of carbonyl (C=O) groups is 2. The number of aliphatic carboxylic acids is 1. The van der Waals surface area contributed by atoms with E-state index in [9.17, 15) is 9.59 Å². The highest BCUT2D eigenvalue weighted by molar-refractivity contribution is 5.92. The van der Waals surface area contributed by atoms with Gasteiger partial charge in [-0.15, -0.1) is 0 Å². The number of anilines is 1. The summed E-state index contributed by atoms with van der Waals surface area (Å²) in [5.41, 5.74) is 0.695. The van der Waals surface area contributed by atoms with Crippen molar-refractivity contribution < 1.29 is 14.7 Å². The lowest BCUT2D eigenvalue weighted by Gasteiger charge is -2.23. The number of nitrogens with zero attached hydrogens (tertiary/aromatic N) is 2. The van der Waals surface area contributed by atoms with Gasteiger partial charge in [-0.2, -0.15) is 0 Å². The molecule has 1 aromatic carbocycles. The van der Waals surface area contributed by atoms with Crippen LogP contribution >= 0.6 is 0 Å². The van der Waals surface area contributed by atoms with Gasteiger partial charge in [0.05, 0.1) is 6.42 Å². The number of para-hydroxylation sites is 1. The average Bonchev–Trinajstić information content (AvgIpc) is 2.48. The molecule has 0 atom stereocenters. The number of nitrogens with one attached hydrogen (secondary N) is 1. The van der Waals surface area contributed by atoms with E-state index in [1.54, 1.807) is 12.1 Å². The largest absolute Gasteiger partial charge is 0.481 e. The van der Waals surface area contributed by atoms with E-state index in [-0.39, 0.29) is 19.0 Å². The smallest absolute Gasteiger partial charge is 0.321 e. The fraction of sp³-hybridized carbons (Fsp3) is 0.467. The van der Waals surface area contributed by atoms with Crippen molar-refractivity contribution in [2.24, 2.45) is 0 Å². The number of rotatable bonds is 8. The molecule has 0 bridgehead atoms. The molecule has 0 heterocycles. The van der Waals surface area contributed by atoms with E-state index in [2.05, 4.69) is 10.2 Å². The van der Waals surface area contributed by atoms with Gasteiger partial charge < -0.3 is 15.3 Å². The van der Waals surface area contributed by atoms with Crippen molar-refractivity contribution in [3.05, 3.63) is 30.3 Å². The van der Waals surface area contributed by atoms with Gasteiger partial charge in [-0.1, -0.05) is 25.1 Å². The van der Waals surface area contributed by atoms with Crippen molar-refractivity contribution in [2.75, 3.05) is 38.1 Å². The minimum absolute atomic E-state index is 0.0861. The number of amides is 2. The summed E-state index contributed by atoms with van der Waals surface area (Å²) in [6, 6.07) is 8.81. The molecule has 2 N–H and O–H groups in total. The lowest BCUT2D eigenvalue weighted by Crippen LogP contribution is -2.43. The van der Waals surface area contributed by atoms with Crippen LogP contribution in [0.1, 0.15) is 13.3 Å². The predicted molar refractivity (Wildman–Crippen MR) is 82.6 cm³/mol. The van der Waals surface area contributed by atoms with Crippen LogP contribution in [0.25, 0.3) is 0 Å². The summed E-state index contributed by atoms with van der Waals surface area (Å²) in [6.45, 7) is 4.39. The minimum atomic E-state index is -0.922. The molecule has 6 heteroatoms. The number of hydrogen-bond donors (Lipinski definition) is 2. The summed E-state index contributed by atoms with van der Waals surface area (Å²) in [4.78, 5) is 26.5. The second kappa shape index (κ2) is 8.97. The zero-order valence-electron chi connectivity index (χ0n) is 12.6. The van der Waals surface area contributed by atoms with Crippen LogP contribution in [0.4, 0.5) is 10.5 Å². The van der Waals surface area contributed by atoms with Crippen LogP contribution in [-0.4, -0.2) is 55.2 Å². The number of benzene rings is 1. The van der Waals surface area contributed by atoms with E-state index in [4.69, 9.17) is 5.11 Å². The molecule has 0 unspecified atom stereocenters. The average molecular weight is 293 g/mol. The lowest BCUT2D eigenvalue weighted by atomic mass is 10.2. The molecule has 0 fully saturated rings. The minimum Gasteiger partial charge on any atom is -0.481 e. The molecule has 1 rings (SSSR count). The standard InChI is InChI=1S/C15H23N3O3/c1-3-17(2)12-10-16-15(21)18(11-9-14(19)20)13-7-5-4-6-8-13/h4-8H,3,9-12H2,1-2H3,(H,16,21)(H,19,20). The lowest BCUT2D eigenvalue weighted by molar-refractivity contribution is -0.136. The highest BCUT2D eigenvalue weighted by Crippen LogP contribution is 2.13. The van der Waals surface area contributed by atoms with E-state index in [1.807, 2.05) is 32.2 Å². The summed E-state index contributed by atoms with van der Waals surface area (Å²) < 4.78 is 0. The van der Waals surface area contributed by atoms with Gasteiger partial charge >= 0.3 is 12.0 Å².